The molecule has 0 bridgehead atoms. The van der Waals surface area contributed by atoms with E-state index in [-0.39, 0.29) is 26.7 Å². The number of pyridine rings is 2. The van der Waals surface area contributed by atoms with E-state index in [1.165, 1.54) is 0 Å². The molecule has 0 unspecified atom stereocenters. The molecule has 0 radical (unpaired) electrons. The quantitative estimate of drug-likeness (QED) is 0.554. The first kappa shape index (κ1) is 14.0. The maximum absolute atomic E-state index is 9.94. The summed E-state index contributed by atoms with van der Waals surface area (Å²) in [6.45, 7) is 0. The Morgan fingerprint density at radius 1 is 0.609 bits per heavy atom. The van der Waals surface area contributed by atoms with E-state index in [0.29, 0.717) is 11.0 Å². The van der Waals surface area contributed by atoms with Crippen molar-refractivity contribution in [3.05, 3.63) is 60.7 Å². The molecule has 0 aliphatic heterocycles. The predicted octanol–water partition coefficient (Wildman–Crippen LogP) is 1.85. The molecule has 108 valence electrons. The second-order valence-electron chi connectivity index (χ2n) is 5.31. The molecule has 2 aromatic heterocycles. The summed E-state index contributed by atoms with van der Waals surface area (Å²) in [5.41, 5.74) is 1.22. The van der Waals surface area contributed by atoms with Gasteiger partial charge >= 0.3 is 138 Å². The molecule has 4 aromatic rings. The molecular formula is C18H12AlN2O2+. The number of benzene rings is 2. The number of para-hydroxylation sites is 2. The number of rotatable bonds is 2. The van der Waals surface area contributed by atoms with Gasteiger partial charge in [0, 0.05) is 0 Å². The Balaban J connectivity index is 1.75. The van der Waals surface area contributed by atoms with Gasteiger partial charge in [0.25, 0.3) is 0 Å². The van der Waals surface area contributed by atoms with Crippen LogP contribution in [0.5, 0.6) is 11.5 Å². The van der Waals surface area contributed by atoms with E-state index >= 15 is 0 Å². The van der Waals surface area contributed by atoms with Gasteiger partial charge in [0.05, 0.1) is 0 Å². The second kappa shape index (κ2) is 5.55. The maximum atomic E-state index is 9.94. The molecule has 2 aromatic carbocycles. The van der Waals surface area contributed by atoms with Crippen LogP contribution >= 0.6 is 0 Å². The summed E-state index contributed by atoms with van der Waals surface area (Å²) in [4.78, 5) is 9.11. The van der Waals surface area contributed by atoms with Crippen molar-refractivity contribution in [3.63, 3.8) is 0 Å². The van der Waals surface area contributed by atoms with Crippen LogP contribution in [0.3, 0.4) is 0 Å². The molecule has 0 aliphatic rings. The Kier molecular flexibility index (Phi) is 3.38. The van der Waals surface area contributed by atoms with Crippen LogP contribution in [0.1, 0.15) is 0 Å². The normalized spacial score (nSPS) is 10.8. The second-order valence-corrected chi connectivity index (χ2v) is 6.79. The van der Waals surface area contributed by atoms with Crippen molar-refractivity contribution >= 4 is 46.1 Å². The minimum absolute atomic E-state index is 0.188. The molecule has 23 heavy (non-hydrogen) atoms. The topological polar surface area (TPSA) is 66.2 Å². The van der Waals surface area contributed by atoms with Gasteiger partial charge in [-0.05, 0) is 0 Å². The van der Waals surface area contributed by atoms with Crippen molar-refractivity contribution in [1.29, 1.82) is 0 Å². The SMILES string of the molecule is Oc1cccc2cc[c]([Al+][c]3ccc4cccc(O)c4n3)nc12. The van der Waals surface area contributed by atoms with Crippen molar-refractivity contribution < 1.29 is 10.2 Å². The van der Waals surface area contributed by atoms with E-state index in [2.05, 4.69) is 9.97 Å². The van der Waals surface area contributed by atoms with E-state index in [9.17, 15) is 10.2 Å². The average molecular weight is 315 g/mol. The van der Waals surface area contributed by atoms with Gasteiger partial charge in [0.1, 0.15) is 0 Å². The number of phenols is 2. The van der Waals surface area contributed by atoms with Gasteiger partial charge < -0.3 is 0 Å². The van der Waals surface area contributed by atoms with Gasteiger partial charge in [-0.1, -0.05) is 0 Å². The van der Waals surface area contributed by atoms with E-state index in [0.717, 1.165) is 19.9 Å². The van der Waals surface area contributed by atoms with Crippen LogP contribution < -0.4 is 9.11 Å². The van der Waals surface area contributed by atoms with Crippen LogP contribution in [0.4, 0.5) is 0 Å². The summed E-state index contributed by atoms with van der Waals surface area (Å²) in [5, 5.41) is 21.7. The average Bonchev–Trinajstić information content (AvgIpc) is 2.56. The van der Waals surface area contributed by atoms with Crippen molar-refractivity contribution in [3.8, 4) is 11.5 Å². The number of aromatic nitrogens is 2. The first-order valence-electron chi connectivity index (χ1n) is 7.23. The monoisotopic (exact) mass is 315 g/mol. The van der Waals surface area contributed by atoms with Crippen LogP contribution in [0.25, 0.3) is 21.8 Å². The van der Waals surface area contributed by atoms with Crippen LogP contribution in [0.2, 0.25) is 0 Å². The van der Waals surface area contributed by atoms with Crippen LogP contribution in [0, 0.1) is 0 Å². The van der Waals surface area contributed by atoms with Gasteiger partial charge in [-0.15, -0.1) is 0 Å². The zero-order valence-corrected chi connectivity index (χ0v) is 13.3. The third-order valence-corrected chi connectivity index (χ3v) is 4.97. The molecule has 4 nitrogen and oxygen atoms in total. The zero-order valence-electron chi connectivity index (χ0n) is 12.1. The van der Waals surface area contributed by atoms with Gasteiger partial charge in [-0.25, -0.2) is 0 Å². The van der Waals surface area contributed by atoms with Crippen molar-refractivity contribution in [2.75, 3.05) is 0 Å². The number of fused-ring (bicyclic) bond motifs is 2. The number of nitrogens with zero attached hydrogens (tertiary/aromatic N) is 2. The predicted molar refractivity (Wildman–Crippen MR) is 91.8 cm³/mol. The molecule has 2 N–H and O–H groups in total. The Bertz CT molecular complexity index is 951. The summed E-state index contributed by atoms with van der Waals surface area (Å²) in [6.07, 6.45) is 0. The fraction of sp³-hybridized carbons (Fsp3) is 0. The molecule has 0 atom stereocenters. The van der Waals surface area contributed by atoms with Gasteiger partial charge in [0.2, 0.25) is 0 Å². The molecule has 0 spiro atoms. The molecule has 0 saturated heterocycles. The van der Waals surface area contributed by atoms with Gasteiger partial charge in [0.15, 0.2) is 0 Å². The Labute approximate surface area is 138 Å². The molecular weight excluding hydrogens is 303 g/mol. The molecule has 2 heterocycles. The van der Waals surface area contributed by atoms with Crippen LogP contribution in [0.15, 0.2) is 60.7 Å². The van der Waals surface area contributed by atoms with Gasteiger partial charge in [-0.3, -0.25) is 0 Å². The summed E-state index contributed by atoms with van der Waals surface area (Å²) >= 11 is -0.318. The fourth-order valence-electron chi connectivity index (χ4n) is 2.61. The van der Waals surface area contributed by atoms with E-state index in [1.807, 2.05) is 36.4 Å². The standard InChI is InChI=1S/2C9H6NO.Al/c2*11-8-5-1-3-7-4-2-6-10-9(7)8;/h2*1-5,11H;/q;;+1. The molecule has 0 fully saturated rings. The molecule has 0 amide bonds. The number of aromatic hydroxyl groups is 2. The number of phenolic OH excluding ortho intramolecular Hbond substituents is 2. The Hall–Kier alpha value is -2.61. The molecule has 5 heteroatoms. The Morgan fingerprint density at radius 3 is 1.57 bits per heavy atom. The summed E-state index contributed by atoms with van der Waals surface area (Å²) in [5.74, 6) is 0.376. The third-order valence-electron chi connectivity index (χ3n) is 3.74. The molecule has 4 rings (SSSR count). The van der Waals surface area contributed by atoms with Crippen LogP contribution in [-0.2, 0) is 0 Å². The van der Waals surface area contributed by atoms with E-state index in [4.69, 9.17) is 0 Å². The minimum atomic E-state index is -0.318. The van der Waals surface area contributed by atoms with Crippen molar-refractivity contribution in [1.82, 2.24) is 9.97 Å². The molecule has 0 aliphatic carbocycles. The number of hydrogen-bond donors (Lipinski definition) is 2. The zero-order chi connectivity index (χ0) is 15.8. The van der Waals surface area contributed by atoms with E-state index in [1.54, 1.807) is 24.3 Å². The van der Waals surface area contributed by atoms with Gasteiger partial charge in [-0.2, -0.15) is 0 Å². The van der Waals surface area contributed by atoms with Crippen molar-refractivity contribution in [2.24, 2.45) is 0 Å². The number of hydrogen-bond acceptors (Lipinski definition) is 4. The first-order valence-corrected chi connectivity index (χ1v) is 8.38. The first-order chi connectivity index (χ1) is 11.2. The van der Waals surface area contributed by atoms with Crippen molar-refractivity contribution in [2.45, 2.75) is 0 Å². The third kappa shape index (κ3) is 2.61. The summed E-state index contributed by atoms with van der Waals surface area (Å²) in [7, 11) is 0. The Morgan fingerprint density at radius 2 is 1.09 bits per heavy atom. The van der Waals surface area contributed by atoms with Crippen LogP contribution in [-0.4, -0.2) is 35.4 Å². The molecule has 0 saturated carbocycles. The summed E-state index contributed by atoms with van der Waals surface area (Å²) in [6, 6.07) is 18.6. The fourth-order valence-corrected chi connectivity index (χ4v) is 3.68. The van der Waals surface area contributed by atoms with E-state index < -0.39 is 0 Å². The summed E-state index contributed by atoms with van der Waals surface area (Å²) < 4.78 is 1.81.